The molecule has 0 amide bonds. The van der Waals surface area contributed by atoms with Gasteiger partial charge < -0.3 is 10.6 Å². The molecular weight excluding hydrogens is 227 g/mol. The van der Waals surface area contributed by atoms with E-state index in [2.05, 4.69) is 25.7 Å². The first-order chi connectivity index (χ1) is 8.30. The van der Waals surface area contributed by atoms with Crippen LogP contribution in [0.2, 0.25) is 0 Å². The second-order valence-corrected chi connectivity index (χ2v) is 6.39. The smallest absolute Gasteiger partial charge is 0.125 e. The molecule has 1 aliphatic rings. The fourth-order valence-corrected chi connectivity index (χ4v) is 3.21. The van der Waals surface area contributed by atoms with Crippen molar-refractivity contribution in [2.24, 2.45) is 11.1 Å². The van der Waals surface area contributed by atoms with Gasteiger partial charge in [0.1, 0.15) is 5.82 Å². The molecule has 0 aromatic heterocycles. The lowest BCUT2D eigenvalue weighted by Gasteiger charge is -2.42. The molecular formula is C15H23FN2. The van der Waals surface area contributed by atoms with Gasteiger partial charge in [0.2, 0.25) is 0 Å². The molecule has 0 fully saturated rings. The zero-order valence-electron chi connectivity index (χ0n) is 11.7. The van der Waals surface area contributed by atoms with E-state index in [4.69, 9.17) is 5.73 Å². The van der Waals surface area contributed by atoms with E-state index in [-0.39, 0.29) is 23.3 Å². The molecule has 1 heterocycles. The van der Waals surface area contributed by atoms with E-state index in [1.807, 2.05) is 13.0 Å². The van der Waals surface area contributed by atoms with Crippen LogP contribution in [0.4, 0.5) is 10.1 Å². The monoisotopic (exact) mass is 250 g/mol. The number of rotatable bonds is 2. The number of benzene rings is 1. The molecule has 0 spiro atoms. The van der Waals surface area contributed by atoms with Gasteiger partial charge in [0.15, 0.2) is 0 Å². The third-order valence-electron chi connectivity index (χ3n) is 3.70. The van der Waals surface area contributed by atoms with Crippen LogP contribution in [0, 0.1) is 11.2 Å². The minimum Gasteiger partial charge on any atom is -0.366 e. The first kappa shape index (κ1) is 13.3. The average Bonchev–Trinajstić information content (AvgIpc) is 2.59. The van der Waals surface area contributed by atoms with Crippen LogP contribution in [0.15, 0.2) is 18.2 Å². The molecule has 2 N–H and O–H groups in total. The Morgan fingerprint density at radius 1 is 1.33 bits per heavy atom. The van der Waals surface area contributed by atoms with E-state index in [0.717, 1.165) is 18.7 Å². The van der Waals surface area contributed by atoms with Crippen molar-refractivity contribution in [1.82, 2.24) is 0 Å². The summed E-state index contributed by atoms with van der Waals surface area (Å²) < 4.78 is 13.4. The summed E-state index contributed by atoms with van der Waals surface area (Å²) in [6, 6.07) is 5.36. The van der Waals surface area contributed by atoms with E-state index in [0.29, 0.717) is 0 Å². The highest BCUT2D eigenvalue weighted by Crippen LogP contribution is 2.36. The minimum atomic E-state index is -0.169. The SMILES string of the molecule is CC(N)C(N1CCc2ccc(F)cc21)C(C)(C)C. The summed E-state index contributed by atoms with van der Waals surface area (Å²) in [5.41, 5.74) is 8.48. The predicted molar refractivity (Wildman–Crippen MR) is 74.3 cm³/mol. The fourth-order valence-electron chi connectivity index (χ4n) is 3.21. The maximum absolute atomic E-state index is 13.4. The van der Waals surface area contributed by atoms with Gasteiger partial charge in [0.25, 0.3) is 0 Å². The van der Waals surface area contributed by atoms with Crippen molar-refractivity contribution < 1.29 is 4.39 Å². The van der Waals surface area contributed by atoms with E-state index in [9.17, 15) is 4.39 Å². The number of nitrogens with zero attached hydrogens (tertiary/aromatic N) is 1. The van der Waals surface area contributed by atoms with Crippen LogP contribution >= 0.6 is 0 Å². The standard InChI is InChI=1S/C15H23FN2/c1-10(17)14(15(2,3)4)18-8-7-11-5-6-12(16)9-13(11)18/h5-6,9-10,14H,7-8,17H2,1-4H3. The third kappa shape index (κ3) is 2.37. The first-order valence-corrected chi connectivity index (χ1v) is 6.61. The molecule has 100 valence electrons. The summed E-state index contributed by atoms with van der Waals surface area (Å²) in [5, 5.41) is 0. The minimum absolute atomic E-state index is 0.0548. The number of nitrogens with two attached hydrogens (primary N) is 1. The highest BCUT2D eigenvalue weighted by Gasteiger charge is 2.36. The molecule has 0 radical (unpaired) electrons. The van der Waals surface area contributed by atoms with E-state index in [1.165, 1.54) is 5.56 Å². The highest BCUT2D eigenvalue weighted by molar-refractivity contribution is 5.59. The Bertz CT molecular complexity index is 435. The van der Waals surface area contributed by atoms with Crippen molar-refractivity contribution >= 4 is 5.69 Å². The Morgan fingerprint density at radius 2 is 2.00 bits per heavy atom. The second kappa shape index (κ2) is 4.54. The van der Waals surface area contributed by atoms with Crippen LogP contribution in [0.3, 0.4) is 0 Å². The van der Waals surface area contributed by atoms with E-state index >= 15 is 0 Å². The topological polar surface area (TPSA) is 29.3 Å². The largest absolute Gasteiger partial charge is 0.366 e. The highest BCUT2D eigenvalue weighted by atomic mass is 19.1. The Hall–Kier alpha value is -1.09. The lowest BCUT2D eigenvalue weighted by Crippen LogP contribution is -2.53. The molecule has 2 unspecified atom stereocenters. The van der Waals surface area contributed by atoms with E-state index in [1.54, 1.807) is 12.1 Å². The molecule has 18 heavy (non-hydrogen) atoms. The molecule has 3 heteroatoms. The molecule has 2 rings (SSSR count). The van der Waals surface area contributed by atoms with Crippen molar-refractivity contribution in [2.75, 3.05) is 11.4 Å². The van der Waals surface area contributed by atoms with Crippen molar-refractivity contribution in [1.29, 1.82) is 0 Å². The van der Waals surface area contributed by atoms with Gasteiger partial charge >= 0.3 is 0 Å². The van der Waals surface area contributed by atoms with Crippen LogP contribution in [0.5, 0.6) is 0 Å². The van der Waals surface area contributed by atoms with Crippen LogP contribution in [-0.4, -0.2) is 18.6 Å². The van der Waals surface area contributed by atoms with Gasteiger partial charge in [-0.15, -0.1) is 0 Å². The number of anilines is 1. The average molecular weight is 250 g/mol. The summed E-state index contributed by atoms with van der Waals surface area (Å²) in [4.78, 5) is 2.28. The Balaban J connectivity index is 2.39. The first-order valence-electron chi connectivity index (χ1n) is 6.61. The number of hydrogen-bond acceptors (Lipinski definition) is 2. The Morgan fingerprint density at radius 3 is 2.56 bits per heavy atom. The number of hydrogen-bond donors (Lipinski definition) is 1. The third-order valence-corrected chi connectivity index (χ3v) is 3.70. The molecule has 0 aliphatic carbocycles. The normalized spacial score (nSPS) is 18.7. The predicted octanol–water partition coefficient (Wildman–Crippen LogP) is 2.95. The van der Waals surface area contributed by atoms with Crippen LogP contribution in [-0.2, 0) is 6.42 Å². The van der Waals surface area contributed by atoms with Gasteiger partial charge in [0, 0.05) is 24.3 Å². The molecule has 1 aliphatic heterocycles. The summed E-state index contributed by atoms with van der Waals surface area (Å²) in [5.74, 6) is -0.169. The molecule has 1 aromatic rings. The van der Waals surface area contributed by atoms with Gasteiger partial charge in [0.05, 0.1) is 0 Å². The van der Waals surface area contributed by atoms with Gasteiger partial charge in [-0.2, -0.15) is 0 Å². The van der Waals surface area contributed by atoms with E-state index < -0.39 is 0 Å². The Kier molecular flexibility index (Phi) is 3.37. The molecule has 0 saturated carbocycles. The summed E-state index contributed by atoms with van der Waals surface area (Å²) in [7, 11) is 0. The zero-order valence-corrected chi connectivity index (χ0v) is 11.7. The molecule has 0 bridgehead atoms. The van der Waals surface area contributed by atoms with Gasteiger partial charge in [-0.3, -0.25) is 0 Å². The maximum Gasteiger partial charge on any atom is 0.125 e. The van der Waals surface area contributed by atoms with Gasteiger partial charge in [-0.1, -0.05) is 26.8 Å². The van der Waals surface area contributed by atoms with Crippen LogP contribution < -0.4 is 10.6 Å². The quantitative estimate of drug-likeness (QED) is 0.874. The van der Waals surface area contributed by atoms with Crippen molar-refractivity contribution in [2.45, 2.75) is 46.2 Å². The van der Waals surface area contributed by atoms with Crippen LogP contribution in [0.25, 0.3) is 0 Å². The maximum atomic E-state index is 13.4. The zero-order chi connectivity index (χ0) is 13.5. The lowest BCUT2D eigenvalue weighted by molar-refractivity contribution is 0.275. The second-order valence-electron chi connectivity index (χ2n) is 6.39. The summed E-state index contributed by atoms with van der Waals surface area (Å²) in [6.07, 6.45) is 0.981. The van der Waals surface area contributed by atoms with Gasteiger partial charge in [-0.05, 0) is 36.5 Å². The van der Waals surface area contributed by atoms with Crippen molar-refractivity contribution in [3.05, 3.63) is 29.6 Å². The summed E-state index contributed by atoms with van der Waals surface area (Å²) in [6.45, 7) is 9.55. The number of fused-ring (bicyclic) bond motifs is 1. The fraction of sp³-hybridized carbons (Fsp3) is 0.600. The molecule has 2 atom stereocenters. The van der Waals surface area contributed by atoms with Crippen LogP contribution in [0.1, 0.15) is 33.3 Å². The number of halogens is 1. The molecule has 2 nitrogen and oxygen atoms in total. The molecule has 1 aromatic carbocycles. The molecule has 0 saturated heterocycles. The Labute approximate surface area is 109 Å². The summed E-state index contributed by atoms with van der Waals surface area (Å²) >= 11 is 0. The lowest BCUT2D eigenvalue weighted by atomic mass is 9.82. The van der Waals surface area contributed by atoms with Gasteiger partial charge in [-0.25, -0.2) is 4.39 Å². The van der Waals surface area contributed by atoms with Crippen molar-refractivity contribution in [3.63, 3.8) is 0 Å². The van der Waals surface area contributed by atoms with Crippen molar-refractivity contribution in [3.8, 4) is 0 Å².